The van der Waals surface area contributed by atoms with E-state index >= 15 is 0 Å². The Morgan fingerprint density at radius 2 is 2.19 bits per heavy atom. The lowest BCUT2D eigenvalue weighted by Gasteiger charge is -2.35. The fourth-order valence-corrected chi connectivity index (χ4v) is 2.56. The number of aromatic nitrogens is 1. The smallest absolute Gasteiger partial charge is 0.270 e. The maximum absolute atomic E-state index is 12.2. The number of β-amino-alcohol motifs (C(OH)–C–C–N with tert-alkyl or cyclic N) is 1. The largest absolute Gasteiger partial charge is 0.389 e. The van der Waals surface area contributed by atoms with Crippen molar-refractivity contribution < 1.29 is 14.6 Å². The molecule has 0 aromatic carbocycles. The minimum atomic E-state index is -0.477. The average Bonchev–Trinajstić information content (AvgIpc) is 2.92. The first-order valence-electron chi connectivity index (χ1n) is 7.21. The van der Waals surface area contributed by atoms with Gasteiger partial charge in [-0.25, -0.2) is 0 Å². The third kappa shape index (κ3) is 4.71. The van der Waals surface area contributed by atoms with Crippen LogP contribution in [0.3, 0.4) is 0 Å². The Kier molecular flexibility index (Phi) is 6.05. The standard InChI is InChI=1S/C14H22ClN3O3/c1-2-21-10-12(19)9-17-3-5-18(6-4-17)14(20)13-7-11(15)8-16-13/h7-8,12,16,19H,2-6,9-10H2,1H3/t12-/m1/s1. The molecule has 0 radical (unpaired) electrons. The van der Waals surface area contributed by atoms with E-state index in [-0.39, 0.29) is 5.91 Å². The highest BCUT2D eigenvalue weighted by Crippen LogP contribution is 2.13. The molecule has 1 fully saturated rings. The van der Waals surface area contributed by atoms with Gasteiger partial charge in [0.25, 0.3) is 5.91 Å². The second kappa shape index (κ2) is 7.79. The molecule has 1 saturated heterocycles. The predicted molar refractivity (Wildman–Crippen MR) is 80.6 cm³/mol. The molecule has 2 rings (SSSR count). The number of carbonyl (C=O) groups excluding carboxylic acids is 1. The van der Waals surface area contributed by atoms with Gasteiger partial charge in [0.1, 0.15) is 5.69 Å². The van der Waals surface area contributed by atoms with Gasteiger partial charge in [-0.1, -0.05) is 11.6 Å². The Morgan fingerprint density at radius 1 is 1.48 bits per heavy atom. The first kappa shape index (κ1) is 16.3. The van der Waals surface area contributed by atoms with Crippen molar-refractivity contribution in [2.45, 2.75) is 13.0 Å². The van der Waals surface area contributed by atoms with E-state index in [4.69, 9.17) is 16.3 Å². The van der Waals surface area contributed by atoms with E-state index in [2.05, 4.69) is 9.88 Å². The fourth-order valence-electron chi connectivity index (χ4n) is 2.40. The summed E-state index contributed by atoms with van der Waals surface area (Å²) < 4.78 is 5.20. The number of H-pyrrole nitrogens is 1. The number of amides is 1. The Hall–Kier alpha value is -1.08. The molecule has 0 bridgehead atoms. The summed E-state index contributed by atoms with van der Waals surface area (Å²) in [6.45, 7) is 6.26. The molecule has 7 heteroatoms. The van der Waals surface area contributed by atoms with Crippen LogP contribution in [0.4, 0.5) is 0 Å². The Labute approximate surface area is 129 Å². The van der Waals surface area contributed by atoms with Gasteiger partial charge in [-0.05, 0) is 13.0 Å². The highest BCUT2D eigenvalue weighted by Gasteiger charge is 2.24. The lowest BCUT2D eigenvalue weighted by atomic mass is 10.2. The van der Waals surface area contributed by atoms with Crippen LogP contribution in [0.1, 0.15) is 17.4 Å². The van der Waals surface area contributed by atoms with Crippen molar-refractivity contribution in [3.63, 3.8) is 0 Å². The van der Waals surface area contributed by atoms with Gasteiger partial charge in [-0.2, -0.15) is 0 Å². The van der Waals surface area contributed by atoms with Crippen LogP contribution in [0, 0.1) is 0 Å². The molecular weight excluding hydrogens is 294 g/mol. The molecule has 118 valence electrons. The second-order valence-electron chi connectivity index (χ2n) is 5.14. The van der Waals surface area contributed by atoms with Crippen molar-refractivity contribution in [3.05, 3.63) is 23.0 Å². The van der Waals surface area contributed by atoms with Crippen molar-refractivity contribution in [1.82, 2.24) is 14.8 Å². The molecule has 2 heterocycles. The number of carbonyl (C=O) groups is 1. The van der Waals surface area contributed by atoms with Gasteiger partial charge >= 0.3 is 0 Å². The summed E-state index contributed by atoms with van der Waals surface area (Å²) in [5.41, 5.74) is 0.518. The third-order valence-electron chi connectivity index (χ3n) is 3.52. The number of aliphatic hydroxyl groups is 1. The molecule has 0 spiro atoms. The number of aliphatic hydroxyl groups excluding tert-OH is 1. The van der Waals surface area contributed by atoms with Crippen LogP contribution >= 0.6 is 11.6 Å². The molecule has 1 aromatic heterocycles. The van der Waals surface area contributed by atoms with E-state index in [1.165, 1.54) is 0 Å². The van der Waals surface area contributed by atoms with Crippen molar-refractivity contribution in [3.8, 4) is 0 Å². The summed E-state index contributed by atoms with van der Waals surface area (Å²) >= 11 is 5.82. The SMILES string of the molecule is CCOC[C@H](O)CN1CCN(C(=O)c2cc(Cl)c[nH]2)CC1. The summed E-state index contributed by atoms with van der Waals surface area (Å²) in [5.74, 6) is -0.0311. The highest BCUT2D eigenvalue weighted by atomic mass is 35.5. The van der Waals surface area contributed by atoms with Crippen LogP contribution in [0.15, 0.2) is 12.3 Å². The maximum Gasteiger partial charge on any atom is 0.270 e. The number of rotatable bonds is 6. The normalized spacial score (nSPS) is 18.0. The Bertz CT molecular complexity index is 458. The monoisotopic (exact) mass is 315 g/mol. The zero-order valence-corrected chi connectivity index (χ0v) is 13.0. The molecule has 1 aliphatic heterocycles. The minimum Gasteiger partial charge on any atom is -0.389 e. The number of hydrogen-bond donors (Lipinski definition) is 2. The molecule has 0 saturated carbocycles. The summed E-state index contributed by atoms with van der Waals surface area (Å²) in [4.78, 5) is 19.1. The number of nitrogens with one attached hydrogen (secondary N) is 1. The van der Waals surface area contributed by atoms with Gasteiger partial charge in [0.2, 0.25) is 0 Å². The third-order valence-corrected chi connectivity index (χ3v) is 3.74. The average molecular weight is 316 g/mol. The van der Waals surface area contributed by atoms with Crippen LogP contribution in [0.5, 0.6) is 0 Å². The van der Waals surface area contributed by atoms with E-state index in [1.54, 1.807) is 17.2 Å². The van der Waals surface area contributed by atoms with E-state index in [9.17, 15) is 9.90 Å². The van der Waals surface area contributed by atoms with Gasteiger partial charge in [0.05, 0.1) is 17.7 Å². The maximum atomic E-state index is 12.2. The number of ether oxygens (including phenoxy) is 1. The van der Waals surface area contributed by atoms with Crippen LogP contribution in [0.2, 0.25) is 5.02 Å². The topological polar surface area (TPSA) is 68.8 Å². The Morgan fingerprint density at radius 3 is 2.76 bits per heavy atom. The number of piperazine rings is 1. The zero-order valence-electron chi connectivity index (χ0n) is 12.2. The molecule has 21 heavy (non-hydrogen) atoms. The molecule has 0 unspecified atom stereocenters. The second-order valence-corrected chi connectivity index (χ2v) is 5.57. The molecule has 1 amide bonds. The Balaban J connectivity index is 1.76. The van der Waals surface area contributed by atoms with Gasteiger partial charge in [-0.3, -0.25) is 9.69 Å². The van der Waals surface area contributed by atoms with E-state index < -0.39 is 6.10 Å². The van der Waals surface area contributed by atoms with Crippen LogP contribution in [-0.2, 0) is 4.74 Å². The first-order valence-corrected chi connectivity index (χ1v) is 7.59. The number of halogens is 1. The summed E-state index contributed by atoms with van der Waals surface area (Å²) in [5, 5.41) is 10.4. The quantitative estimate of drug-likeness (QED) is 0.815. The molecule has 0 aliphatic carbocycles. The number of hydrogen-bond acceptors (Lipinski definition) is 4. The predicted octanol–water partition coefficient (Wildman–Crippen LogP) is 0.823. The van der Waals surface area contributed by atoms with Crippen molar-refractivity contribution >= 4 is 17.5 Å². The first-order chi connectivity index (χ1) is 10.1. The van der Waals surface area contributed by atoms with Gasteiger partial charge in [0, 0.05) is 45.5 Å². The summed E-state index contributed by atoms with van der Waals surface area (Å²) in [7, 11) is 0. The molecule has 1 aromatic rings. The summed E-state index contributed by atoms with van der Waals surface area (Å²) in [6.07, 6.45) is 1.13. The van der Waals surface area contributed by atoms with Gasteiger partial charge < -0.3 is 19.7 Å². The zero-order chi connectivity index (χ0) is 15.2. The van der Waals surface area contributed by atoms with Crippen molar-refractivity contribution in [2.75, 3.05) is 45.9 Å². The summed E-state index contributed by atoms with van der Waals surface area (Å²) in [6, 6.07) is 1.64. The van der Waals surface area contributed by atoms with Gasteiger partial charge in [0.15, 0.2) is 0 Å². The van der Waals surface area contributed by atoms with E-state index in [0.717, 1.165) is 13.1 Å². The van der Waals surface area contributed by atoms with Crippen molar-refractivity contribution in [2.24, 2.45) is 0 Å². The van der Waals surface area contributed by atoms with Gasteiger partial charge in [-0.15, -0.1) is 0 Å². The molecular formula is C14H22ClN3O3. The van der Waals surface area contributed by atoms with Crippen LogP contribution < -0.4 is 0 Å². The van der Waals surface area contributed by atoms with E-state index in [1.807, 2.05) is 6.92 Å². The lowest BCUT2D eigenvalue weighted by Crippen LogP contribution is -2.50. The fraction of sp³-hybridized carbons (Fsp3) is 0.643. The molecule has 1 aliphatic rings. The van der Waals surface area contributed by atoms with Crippen LogP contribution in [-0.4, -0.2) is 77.8 Å². The molecule has 2 N–H and O–H groups in total. The number of nitrogens with zero attached hydrogens (tertiary/aromatic N) is 2. The minimum absolute atomic E-state index is 0.0311. The molecule has 6 nitrogen and oxygen atoms in total. The van der Waals surface area contributed by atoms with Crippen LogP contribution in [0.25, 0.3) is 0 Å². The van der Waals surface area contributed by atoms with Crippen molar-refractivity contribution in [1.29, 1.82) is 0 Å². The lowest BCUT2D eigenvalue weighted by molar-refractivity contribution is 0.0110. The van der Waals surface area contributed by atoms with E-state index in [0.29, 0.717) is 43.6 Å². The molecule has 1 atom stereocenters. The number of aromatic amines is 1. The highest BCUT2D eigenvalue weighted by molar-refractivity contribution is 6.30.